The Hall–Kier alpha value is -1.54. The number of likely N-dealkylation sites (tertiary alicyclic amines) is 1. The number of hydrogen-bond acceptors (Lipinski definition) is 4. The molecular formula is C13H21N5. The van der Waals surface area contributed by atoms with Crippen molar-refractivity contribution in [2.75, 3.05) is 31.5 Å². The first-order valence-electron chi connectivity index (χ1n) is 6.62. The van der Waals surface area contributed by atoms with Gasteiger partial charge in [-0.05, 0) is 45.8 Å². The smallest absolute Gasteiger partial charge is 0.142 e. The first-order chi connectivity index (χ1) is 8.72. The summed E-state index contributed by atoms with van der Waals surface area (Å²) >= 11 is 0. The summed E-state index contributed by atoms with van der Waals surface area (Å²) in [6.45, 7) is 6.40. The second kappa shape index (κ2) is 5.87. The van der Waals surface area contributed by atoms with Gasteiger partial charge in [0.2, 0.25) is 0 Å². The van der Waals surface area contributed by atoms with Crippen molar-refractivity contribution in [2.24, 2.45) is 7.05 Å². The summed E-state index contributed by atoms with van der Waals surface area (Å²) in [5.74, 6) is 0.844. The van der Waals surface area contributed by atoms with Crippen LogP contribution in [0.25, 0.3) is 0 Å². The van der Waals surface area contributed by atoms with Crippen LogP contribution >= 0.6 is 0 Å². The molecule has 0 saturated carbocycles. The highest BCUT2D eigenvalue weighted by Crippen LogP contribution is 2.17. The van der Waals surface area contributed by atoms with Crippen molar-refractivity contribution in [1.29, 1.82) is 5.26 Å². The highest BCUT2D eigenvalue weighted by atomic mass is 15.3. The molecule has 0 amide bonds. The first-order valence-corrected chi connectivity index (χ1v) is 6.62. The number of anilines is 1. The molecule has 1 aliphatic heterocycles. The van der Waals surface area contributed by atoms with E-state index in [0.717, 1.165) is 31.0 Å². The minimum atomic E-state index is 0.665. The maximum Gasteiger partial charge on any atom is 0.142 e. The number of aryl methyl sites for hydroxylation is 2. The molecule has 18 heavy (non-hydrogen) atoms. The summed E-state index contributed by atoms with van der Waals surface area (Å²) in [5.41, 5.74) is 1.46. The lowest BCUT2D eigenvalue weighted by Crippen LogP contribution is -2.22. The second-order valence-corrected chi connectivity index (χ2v) is 4.87. The number of nitrogens with one attached hydrogen (secondary N) is 1. The molecule has 1 aliphatic rings. The van der Waals surface area contributed by atoms with Crippen molar-refractivity contribution >= 4 is 5.82 Å². The largest absolute Gasteiger partial charge is 0.369 e. The van der Waals surface area contributed by atoms with Gasteiger partial charge in [0.25, 0.3) is 0 Å². The second-order valence-electron chi connectivity index (χ2n) is 4.87. The molecule has 0 spiro atoms. The Morgan fingerprint density at radius 1 is 1.39 bits per heavy atom. The Balaban J connectivity index is 1.81. The Kier molecular flexibility index (Phi) is 4.21. The number of nitrogens with zero attached hydrogens (tertiary/aromatic N) is 4. The molecule has 0 atom stereocenters. The summed E-state index contributed by atoms with van der Waals surface area (Å²) < 4.78 is 1.75. The Bertz CT molecular complexity index is 437. The van der Waals surface area contributed by atoms with E-state index in [1.807, 2.05) is 14.0 Å². The van der Waals surface area contributed by atoms with E-state index in [9.17, 15) is 0 Å². The predicted molar refractivity (Wildman–Crippen MR) is 71.4 cm³/mol. The lowest BCUT2D eigenvalue weighted by Gasteiger charge is -2.14. The minimum absolute atomic E-state index is 0.665. The van der Waals surface area contributed by atoms with Crippen LogP contribution in [0.1, 0.15) is 30.5 Å². The fourth-order valence-corrected chi connectivity index (χ4v) is 2.51. The molecule has 1 saturated heterocycles. The molecule has 5 heteroatoms. The predicted octanol–water partition coefficient (Wildman–Crippen LogP) is 1.50. The van der Waals surface area contributed by atoms with Gasteiger partial charge in [-0.15, -0.1) is 0 Å². The highest BCUT2D eigenvalue weighted by molar-refractivity contribution is 5.54. The molecule has 1 fully saturated rings. The number of hydrogen-bond donors (Lipinski definition) is 1. The summed E-state index contributed by atoms with van der Waals surface area (Å²) in [7, 11) is 1.87. The van der Waals surface area contributed by atoms with Crippen LogP contribution in [0.3, 0.4) is 0 Å². The van der Waals surface area contributed by atoms with Crippen LogP contribution < -0.4 is 5.32 Å². The lowest BCUT2D eigenvalue weighted by molar-refractivity contribution is 0.337. The minimum Gasteiger partial charge on any atom is -0.369 e. The molecule has 1 aromatic heterocycles. The number of aromatic nitrogens is 2. The van der Waals surface area contributed by atoms with Gasteiger partial charge in [0.1, 0.15) is 17.5 Å². The molecule has 0 bridgehead atoms. The molecule has 2 rings (SSSR count). The summed E-state index contributed by atoms with van der Waals surface area (Å²) in [4.78, 5) is 2.50. The molecule has 5 nitrogen and oxygen atoms in total. The van der Waals surface area contributed by atoms with Crippen molar-refractivity contribution < 1.29 is 0 Å². The third-order valence-corrected chi connectivity index (χ3v) is 3.48. The molecule has 1 N–H and O–H groups in total. The van der Waals surface area contributed by atoms with Gasteiger partial charge in [-0.3, -0.25) is 4.68 Å². The lowest BCUT2D eigenvalue weighted by atomic mass is 10.2. The average molecular weight is 247 g/mol. The average Bonchev–Trinajstić information content (AvgIpc) is 2.93. The Labute approximate surface area is 108 Å². The van der Waals surface area contributed by atoms with Crippen LogP contribution in [-0.4, -0.2) is 40.9 Å². The molecule has 0 aliphatic carbocycles. The quantitative estimate of drug-likeness (QED) is 0.801. The van der Waals surface area contributed by atoms with E-state index in [0.29, 0.717) is 5.56 Å². The molecule has 0 aromatic carbocycles. The van der Waals surface area contributed by atoms with E-state index in [2.05, 4.69) is 21.4 Å². The monoisotopic (exact) mass is 247 g/mol. The van der Waals surface area contributed by atoms with E-state index >= 15 is 0 Å². The van der Waals surface area contributed by atoms with Gasteiger partial charge in [-0.25, -0.2) is 0 Å². The van der Waals surface area contributed by atoms with Gasteiger partial charge in [0.15, 0.2) is 0 Å². The van der Waals surface area contributed by atoms with E-state index < -0.39 is 0 Å². The molecule has 0 unspecified atom stereocenters. The van der Waals surface area contributed by atoms with Crippen LogP contribution in [0, 0.1) is 18.3 Å². The topological polar surface area (TPSA) is 56.9 Å². The van der Waals surface area contributed by atoms with Crippen LogP contribution in [0.15, 0.2) is 0 Å². The third kappa shape index (κ3) is 2.82. The van der Waals surface area contributed by atoms with Gasteiger partial charge in [0.05, 0.1) is 5.69 Å². The molecule has 2 heterocycles. The standard InChI is InChI=1S/C13H21N5/c1-11-12(10-14)13(17(2)16-11)15-6-5-9-18-7-3-4-8-18/h15H,3-9H2,1-2H3. The van der Waals surface area contributed by atoms with Gasteiger partial charge < -0.3 is 10.2 Å². The fourth-order valence-electron chi connectivity index (χ4n) is 2.51. The van der Waals surface area contributed by atoms with E-state index in [4.69, 9.17) is 5.26 Å². The third-order valence-electron chi connectivity index (χ3n) is 3.48. The summed E-state index contributed by atoms with van der Waals surface area (Å²) in [5, 5.41) is 16.7. The maximum atomic E-state index is 9.09. The van der Waals surface area contributed by atoms with Crippen molar-refractivity contribution in [2.45, 2.75) is 26.2 Å². The molecule has 0 radical (unpaired) electrons. The first kappa shape index (κ1) is 12.9. The summed E-state index contributed by atoms with van der Waals surface area (Å²) in [6.07, 6.45) is 3.79. The zero-order valence-corrected chi connectivity index (χ0v) is 11.2. The van der Waals surface area contributed by atoms with Gasteiger partial charge in [-0.1, -0.05) is 0 Å². The van der Waals surface area contributed by atoms with E-state index in [1.54, 1.807) is 4.68 Å². The Morgan fingerprint density at radius 3 is 2.78 bits per heavy atom. The fraction of sp³-hybridized carbons (Fsp3) is 0.692. The maximum absolute atomic E-state index is 9.09. The highest BCUT2D eigenvalue weighted by Gasteiger charge is 2.13. The molecular weight excluding hydrogens is 226 g/mol. The SMILES string of the molecule is Cc1nn(C)c(NCCCN2CCCC2)c1C#N. The van der Waals surface area contributed by atoms with Crippen molar-refractivity contribution in [3.8, 4) is 6.07 Å². The van der Waals surface area contributed by atoms with E-state index in [-0.39, 0.29) is 0 Å². The van der Waals surface area contributed by atoms with Gasteiger partial charge in [-0.2, -0.15) is 10.4 Å². The summed E-state index contributed by atoms with van der Waals surface area (Å²) in [6, 6.07) is 2.21. The molecule has 98 valence electrons. The zero-order chi connectivity index (χ0) is 13.0. The van der Waals surface area contributed by atoms with Crippen LogP contribution in [0.5, 0.6) is 0 Å². The van der Waals surface area contributed by atoms with Gasteiger partial charge >= 0.3 is 0 Å². The van der Waals surface area contributed by atoms with Crippen LogP contribution in [0.2, 0.25) is 0 Å². The normalized spacial score (nSPS) is 15.8. The van der Waals surface area contributed by atoms with Gasteiger partial charge in [0, 0.05) is 13.6 Å². The van der Waals surface area contributed by atoms with Crippen LogP contribution in [0.4, 0.5) is 5.82 Å². The zero-order valence-electron chi connectivity index (χ0n) is 11.2. The van der Waals surface area contributed by atoms with Crippen LogP contribution in [-0.2, 0) is 7.05 Å². The van der Waals surface area contributed by atoms with E-state index in [1.165, 1.54) is 25.9 Å². The van der Waals surface area contributed by atoms with Crippen molar-refractivity contribution in [3.63, 3.8) is 0 Å². The van der Waals surface area contributed by atoms with Crippen molar-refractivity contribution in [1.82, 2.24) is 14.7 Å². The number of rotatable bonds is 5. The Morgan fingerprint density at radius 2 is 2.11 bits per heavy atom. The number of nitriles is 1. The van der Waals surface area contributed by atoms with Crippen molar-refractivity contribution in [3.05, 3.63) is 11.3 Å². The molecule has 1 aromatic rings.